The lowest BCUT2D eigenvalue weighted by molar-refractivity contribution is 1.30. The molecule has 1 aromatic rings. The maximum absolute atomic E-state index is 4.23. The van der Waals surface area contributed by atoms with Gasteiger partial charge in [0.05, 0.1) is 12.0 Å². The highest BCUT2D eigenvalue weighted by Crippen LogP contribution is 2.25. The van der Waals surface area contributed by atoms with Crippen LogP contribution >= 0.6 is 21.3 Å². The second-order valence-corrected chi connectivity index (χ2v) is 3.33. The summed E-state index contributed by atoms with van der Waals surface area (Å²) in [6.45, 7) is 1.98. The molecule has 0 atom stereocenters. The summed E-state index contributed by atoms with van der Waals surface area (Å²) in [5, 5.41) is 0. The van der Waals surface area contributed by atoms with Crippen LogP contribution in [0.1, 0.15) is 12.6 Å². The lowest BCUT2D eigenvalue weighted by Crippen LogP contribution is -1.94. The fourth-order valence-electron chi connectivity index (χ4n) is 0.771. The van der Waals surface area contributed by atoms with Crippen LogP contribution in [0.25, 0.3) is 0 Å². The average molecular weight is 248 g/mol. The van der Waals surface area contributed by atoms with E-state index in [0.29, 0.717) is 0 Å². The maximum atomic E-state index is 4.23. The summed E-state index contributed by atoms with van der Waals surface area (Å²) < 4.78 is 8.42. The summed E-state index contributed by atoms with van der Waals surface area (Å²) >= 11 is -0.358. The van der Waals surface area contributed by atoms with Crippen LogP contribution in [0.15, 0.2) is 12.7 Å². The van der Waals surface area contributed by atoms with E-state index in [4.69, 9.17) is 0 Å². The molecular formula is C5H5IN4. The summed E-state index contributed by atoms with van der Waals surface area (Å²) in [5.74, 6) is 0.834. The van der Waals surface area contributed by atoms with Crippen molar-refractivity contribution in [3.8, 4) is 0 Å². The van der Waals surface area contributed by atoms with Crippen molar-refractivity contribution in [2.75, 3.05) is 0 Å². The molecule has 1 aliphatic rings. The standard InChI is InChI=1S/C5H5IN4/c1-3-4-5(8-2-7-4)10-6-9-3/h2H,1H3,(H,7,8,9,10). The molecule has 2 rings (SSSR count). The highest BCUT2D eigenvalue weighted by atomic mass is 127. The van der Waals surface area contributed by atoms with Gasteiger partial charge in [0.15, 0.2) is 5.82 Å². The van der Waals surface area contributed by atoms with Crippen LogP contribution in [-0.4, -0.2) is 15.7 Å². The lowest BCUT2D eigenvalue weighted by Gasteiger charge is -1.98. The van der Waals surface area contributed by atoms with E-state index < -0.39 is 0 Å². The number of halogens is 1. The Morgan fingerprint density at radius 3 is 3.30 bits per heavy atom. The van der Waals surface area contributed by atoms with Crippen LogP contribution in [0.5, 0.6) is 0 Å². The molecule has 0 radical (unpaired) electrons. The molecule has 0 aliphatic carbocycles. The van der Waals surface area contributed by atoms with Crippen molar-refractivity contribution in [3.05, 3.63) is 12.0 Å². The minimum Gasteiger partial charge on any atom is -0.342 e. The zero-order chi connectivity index (χ0) is 6.97. The van der Waals surface area contributed by atoms with Gasteiger partial charge in [-0.15, -0.1) is 0 Å². The minimum atomic E-state index is -0.358. The van der Waals surface area contributed by atoms with Crippen LogP contribution < -0.4 is 0 Å². The van der Waals surface area contributed by atoms with E-state index >= 15 is 0 Å². The molecule has 4 nitrogen and oxygen atoms in total. The third kappa shape index (κ3) is 0.808. The number of nitrogens with one attached hydrogen (secondary N) is 1. The van der Waals surface area contributed by atoms with Crippen LogP contribution in [0, 0.1) is 0 Å². The summed E-state index contributed by atoms with van der Waals surface area (Å²) in [7, 11) is 0. The van der Waals surface area contributed by atoms with Gasteiger partial charge in [0, 0.05) is 0 Å². The number of aromatic nitrogens is 2. The molecule has 1 N–H and O–H groups in total. The van der Waals surface area contributed by atoms with Crippen molar-refractivity contribution in [1.82, 2.24) is 9.97 Å². The van der Waals surface area contributed by atoms with Gasteiger partial charge in [-0.25, -0.2) is 8.19 Å². The maximum Gasteiger partial charge on any atom is 0.186 e. The van der Waals surface area contributed by atoms with Gasteiger partial charge in [0.25, 0.3) is 0 Å². The molecular weight excluding hydrogens is 243 g/mol. The zero-order valence-electron chi connectivity index (χ0n) is 5.30. The van der Waals surface area contributed by atoms with E-state index in [2.05, 4.69) is 16.3 Å². The highest BCUT2D eigenvalue weighted by molar-refractivity contribution is 14.1. The molecule has 0 saturated carbocycles. The first kappa shape index (κ1) is 6.14. The fraction of sp³-hybridized carbons (Fsp3) is 0.200. The van der Waals surface area contributed by atoms with E-state index in [1.165, 1.54) is 0 Å². The second kappa shape index (κ2) is 2.22. The molecule has 0 spiro atoms. The Labute approximate surface area is 68.3 Å². The molecule has 0 aromatic carbocycles. The third-order valence-corrected chi connectivity index (χ3v) is 2.88. The quantitative estimate of drug-likeness (QED) is 0.700. The first-order chi connectivity index (χ1) is 4.88. The van der Waals surface area contributed by atoms with Crippen molar-refractivity contribution in [2.45, 2.75) is 6.92 Å². The number of rotatable bonds is 0. The number of hydrogen-bond acceptors (Lipinski definition) is 3. The van der Waals surface area contributed by atoms with Gasteiger partial charge < -0.3 is 4.98 Å². The minimum absolute atomic E-state index is 0.358. The monoisotopic (exact) mass is 248 g/mol. The van der Waals surface area contributed by atoms with E-state index in [-0.39, 0.29) is 21.3 Å². The van der Waals surface area contributed by atoms with Crippen LogP contribution in [0.3, 0.4) is 0 Å². The van der Waals surface area contributed by atoms with Crippen molar-refractivity contribution in [2.24, 2.45) is 6.35 Å². The summed E-state index contributed by atoms with van der Waals surface area (Å²) in [6, 6.07) is 0. The van der Waals surface area contributed by atoms with E-state index in [1.54, 1.807) is 6.33 Å². The number of aromatic amines is 1. The van der Waals surface area contributed by atoms with Crippen molar-refractivity contribution >= 4 is 32.8 Å². The number of H-pyrrole nitrogens is 1. The van der Waals surface area contributed by atoms with Gasteiger partial charge >= 0.3 is 0 Å². The normalized spacial score (nSPS) is 15.5. The van der Waals surface area contributed by atoms with Gasteiger partial charge in [0.2, 0.25) is 0 Å². The van der Waals surface area contributed by atoms with E-state index in [0.717, 1.165) is 17.2 Å². The molecule has 52 valence electrons. The SMILES string of the molecule is CC1=NI=Nc2nc[nH]c21. The van der Waals surface area contributed by atoms with Crippen molar-refractivity contribution in [1.29, 1.82) is 0 Å². The van der Waals surface area contributed by atoms with E-state index in [9.17, 15) is 0 Å². The predicted octanol–water partition coefficient (Wildman–Crippen LogP) is 1.93. The first-order valence-electron chi connectivity index (χ1n) is 2.81. The Kier molecular flexibility index (Phi) is 1.37. The zero-order valence-corrected chi connectivity index (χ0v) is 7.45. The molecule has 0 saturated heterocycles. The smallest absolute Gasteiger partial charge is 0.186 e. The highest BCUT2D eigenvalue weighted by Gasteiger charge is 2.09. The topological polar surface area (TPSA) is 53.4 Å². The molecule has 0 amide bonds. The van der Waals surface area contributed by atoms with Gasteiger partial charge in [-0.05, 0) is 6.92 Å². The Balaban J connectivity index is 2.67. The Bertz CT molecular complexity index is 311. The van der Waals surface area contributed by atoms with E-state index in [1.807, 2.05) is 6.92 Å². The van der Waals surface area contributed by atoms with Gasteiger partial charge in [-0.2, -0.15) is 3.15 Å². The third-order valence-electron chi connectivity index (χ3n) is 1.26. The van der Waals surface area contributed by atoms with Crippen LogP contribution in [0.2, 0.25) is 0 Å². The fourth-order valence-corrected chi connectivity index (χ4v) is 2.01. The summed E-state index contributed by atoms with van der Waals surface area (Å²) in [6.07, 6.45) is 1.66. The number of fused-ring (bicyclic) bond motifs is 1. The number of imidazole rings is 1. The molecule has 0 bridgehead atoms. The predicted molar refractivity (Wildman–Crippen MR) is 46.9 cm³/mol. The van der Waals surface area contributed by atoms with Crippen LogP contribution in [0.4, 0.5) is 5.82 Å². The molecule has 2 heterocycles. The lowest BCUT2D eigenvalue weighted by atomic mass is 10.3. The molecule has 10 heavy (non-hydrogen) atoms. The summed E-state index contributed by atoms with van der Waals surface area (Å²) in [5.41, 5.74) is 2.02. The average Bonchev–Trinajstić information content (AvgIpc) is 2.36. The molecule has 0 unspecified atom stereocenters. The van der Waals surface area contributed by atoms with Crippen LogP contribution in [-0.2, 0) is 0 Å². The van der Waals surface area contributed by atoms with Crippen molar-refractivity contribution < 1.29 is 0 Å². The largest absolute Gasteiger partial charge is 0.342 e. The molecule has 5 heteroatoms. The van der Waals surface area contributed by atoms with Gasteiger partial charge in [-0.1, -0.05) is 0 Å². The number of nitrogens with zero attached hydrogens (tertiary/aromatic N) is 3. The molecule has 1 aliphatic heterocycles. The molecule has 0 fully saturated rings. The Hall–Kier alpha value is -0.590. The molecule has 1 aromatic heterocycles. The first-order valence-corrected chi connectivity index (χ1v) is 4.74. The summed E-state index contributed by atoms with van der Waals surface area (Å²) in [4.78, 5) is 7.02. The number of hydrogen-bond donors (Lipinski definition) is 1. The van der Waals surface area contributed by atoms with Gasteiger partial charge in [-0.3, -0.25) is 0 Å². The Morgan fingerprint density at radius 2 is 2.50 bits per heavy atom. The Morgan fingerprint density at radius 1 is 1.60 bits per heavy atom. The van der Waals surface area contributed by atoms with Gasteiger partial charge in [0.1, 0.15) is 27.0 Å². The van der Waals surface area contributed by atoms with Crippen molar-refractivity contribution in [3.63, 3.8) is 0 Å². The second-order valence-electron chi connectivity index (χ2n) is 1.93.